The van der Waals surface area contributed by atoms with E-state index < -0.39 is 23.1 Å². The molecule has 3 aliphatic rings. The van der Waals surface area contributed by atoms with Gasteiger partial charge < -0.3 is 20.1 Å². The number of nitrogens with one attached hydrogen (secondary N) is 1. The second-order valence-corrected chi connectivity index (χ2v) is 11.0. The van der Waals surface area contributed by atoms with Gasteiger partial charge in [-0.25, -0.2) is 9.59 Å². The van der Waals surface area contributed by atoms with Crippen LogP contribution >= 0.6 is 11.8 Å². The van der Waals surface area contributed by atoms with Crippen molar-refractivity contribution >= 4 is 29.7 Å². The topological polar surface area (TPSA) is 95.9 Å². The van der Waals surface area contributed by atoms with Gasteiger partial charge in [-0.05, 0) is 59.4 Å². The van der Waals surface area contributed by atoms with Crippen molar-refractivity contribution in [2.45, 2.75) is 49.1 Å². The van der Waals surface area contributed by atoms with Crippen LogP contribution in [0.5, 0.6) is 0 Å². The van der Waals surface area contributed by atoms with Crippen LogP contribution < -0.4 is 5.32 Å². The molecule has 0 bridgehead atoms. The molecule has 5 rings (SSSR count). The van der Waals surface area contributed by atoms with Crippen molar-refractivity contribution < 1.29 is 24.2 Å². The Morgan fingerprint density at radius 3 is 2.11 bits per heavy atom. The van der Waals surface area contributed by atoms with E-state index in [0.717, 1.165) is 22.6 Å². The molecule has 7 nitrogen and oxygen atoms in total. The molecule has 1 saturated carbocycles. The van der Waals surface area contributed by atoms with Gasteiger partial charge in [0.15, 0.2) is 0 Å². The second kappa shape index (κ2) is 9.22. The SMILES string of the molecule is CN(C(=O)CC1(NC(=O)OCC2c3ccccc3-c3ccccc32)CCSCC1)C1(C(=O)O)CC1. The Morgan fingerprint density at radius 2 is 1.57 bits per heavy atom. The third kappa shape index (κ3) is 4.40. The number of alkyl carbamates (subject to hydrolysis) is 1. The third-order valence-electron chi connectivity index (χ3n) is 7.79. The van der Waals surface area contributed by atoms with Crippen molar-refractivity contribution in [3.63, 3.8) is 0 Å². The Labute approximate surface area is 209 Å². The molecule has 2 fully saturated rings. The maximum absolute atomic E-state index is 13.1. The van der Waals surface area contributed by atoms with E-state index in [1.165, 1.54) is 16.0 Å². The van der Waals surface area contributed by atoms with Crippen LogP contribution in [0, 0.1) is 0 Å². The molecular formula is C27H30N2O5S. The van der Waals surface area contributed by atoms with E-state index in [1.54, 1.807) is 18.8 Å². The van der Waals surface area contributed by atoms with Gasteiger partial charge in [0.05, 0.1) is 12.0 Å². The van der Waals surface area contributed by atoms with Gasteiger partial charge in [-0.2, -0.15) is 11.8 Å². The van der Waals surface area contributed by atoms with Crippen molar-refractivity contribution in [2.75, 3.05) is 25.2 Å². The summed E-state index contributed by atoms with van der Waals surface area (Å²) in [4.78, 5) is 39.1. The van der Waals surface area contributed by atoms with Crippen LogP contribution in [0.1, 0.15) is 49.1 Å². The minimum Gasteiger partial charge on any atom is -0.479 e. The van der Waals surface area contributed by atoms with Crippen molar-refractivity contribution in [1.82, 2.24) is 10.2 Å². The minimum absolute atomic E-state index is 0.0379. The number of aliphatic carboxylic acids is 1. The van der Waals surface area contributed by atoms with E-state index in [0.29, 0.717) is 25.7 Å². The molecule has 2 N–H and O–H groups in total. The second-order valence-electron chi connectivity index (χ2n) is 9.81. The number of hydrogen-bond acceptors (Lipinski definition) is 5. The summed E-state index contributed by atoms with van der Waals surface area (Å²) in [5.41, 5.74) is 2.80. The summed E-state index contributed by atoms with van der Waals surface area (Å²) in [7, 11) is 1.56. The van der Waals surface area contributed by atoms with Crippen LogP contribution in [0.25, 0.3) is 11.1 Å². The first kappa shape index (κ1) is 23.7. The first-order valence-electron chi connectivity index (χ1n) is 12.1. The fourth-order valence-electron chi connectivity index (χ4n) is 5.42. The quantitative estimate of drug-likeness (QED) is 0.597. The highest BCUT2D eigenvalue weighted by atomic mass is 32.2. The molecule has 1 heterocycles. The molecular weight excluding hydrogens is 464 g/mol. The molecule has 0 aromatic heterocycles. The average Bonchev–Trinajstić information content (AvgIpc) is 3.61. The number of carbonyl (C=O) groups excluding carboxylic acids is 2. The van der Waals surface area contributed by atoms with Gasteiger partial charge in [-0.15, -0.1) is 0 Å². The third-order valence-corrected chi connectivity index (χ3v) is 8.77. The van der Waals surface area contributed by atoms with Crippen LogP contribution in [0.3, 0.4) is 0 Å². The Morgan fingerprint density at radius 1 is 1.00 bits per heavy atom. The van der Waals surface area contributed by atoms with Crippen LogP contribution in [0.2, 0.25) is 0 Å². The van der Waals surface area contributed by atoms with Crippen molar-refractivity contribution in [1.29, 1.82) is 0 Å². The van der Waals surface area contributed by atoms with Gasteiger partial charge in [0, 0.05) is 13.0 Å². The molecule has 0 spiro atoms. The first-order valence-corrected chi connectivity index (χ1v) is 13.2. The fourth-order valence-corrected chi connectivity index (χ4v) is 6.69. The Bertz CT molecular complexity index is 1110. The standard InChI is InChI=1S/C27H30N2O5S/c1-29(27(10-11-27)24(31)32)23(30)16-26(12-14-35-15-13-26)28-25(33)34-17-22-20-8-4-2-6-18(20)19-7-3-5-9-21(19)22/h2-9,22H,10-17H2,1H3,(H,28,33)(H,31,32). The number of rotatable bonds is 7. The Balaban J connectivity index is 1.27. The lowest BCUT2D eigenvalue weighted by molar-refractivity contribution is -0.151. The lowest BCUT2D eigenvalue weighted by Crippen LogP contribution is -2.55. The number of thioether (sulfide) groups is 1. The smallest absolute Gasteiger partial charge is 0.407 e. The molecule has 2 aromatic carbocycles. The zero-order valence-corrected chi connectivity index (χ0v) is 20.6. The summed E-state index contributed by atoms with van der Waals surface area (Å²) < 4.78 is 5.75. The largest absolute Gasteiger partial charge is 0.479 e. The van der Waals surface area contributed by atoms with E-state index in [2.05, 4.69) is 29.6 Å². The maximum atomic E-state index is 13.1. The van der Waals surface area contributed by atoms with Crippen molar-refractivity contribution in [2.24, 2.45) is 0 Å². The number of fused-ring (bicyclic) bond motifs is 3. The van der Waals surface area contributed by atoms with E-state index in [4.69, 9.17) is 4.74 Å². The average molecular weight is 495 g/mol. The van der Waals surface area contributed by atoms with Gasteiger partial charge >= 0.3 is 12.1 Å². The number of carbonyl (C=O) groups is 3. The predicted octanol–water partition coefficient (Wildman–Crippen LogP) is 4.26. The van der Waals surface area contributed by atoms with Crippen LogP contribution in [-0.4, -0.2) is 64.2 Å². The Hall–Kier alpha value is -3.00. The molecule has 1 saturated heterocycles. The molecule has 2 aliphatic carbocycles. The van der Waals surface area contributed by atoms with Crippen LogP contribution in [-0.2, 0) is 14.3 Å². The molecule has 8 heteroatoms. The zero-order valence-electron chi connectivity index (χ0n) is 19.8. The number of benzene rings is 2. The maximum Gasteiger partial charge on any atom is 0.407 e. The van der Waals surface area contributed by atoms with Crippen LogP contribution in [0.15, 0.2) is 48.5 Å². The highest BCUT2D eigenvalue weighted by molar-refractivity contribution is 7.99. The number of hydrogen-bond donors (Lipinski definition) is 2. The summed E-state index contributed by atoms with van der Waals surface area (Å²) >= 11 is 1.79. The van der Waals surface area contributed by atoms with E-state index in [-0.39, 0.29) is 24.9 Å². The van der Waals surface area contributed by atoms with E-state index in [1.807, 2.05) is 24.3 Å². The van der Waals surface area contributed by atoms with Gasteiger partial charge in [0.25, 0.3) is 0 Å². The molecule has 0 atom stereocenters. The lowest BCUT2D eigenvalue weighted by atomic mass is 9.87. The van der Waals surface area contributed by atoms with E-state index >= 15 is 0 Å². The van der Waals surface area contributed by atoms with Crippen molar-refractivity contribution in [3.05, 3.63) is 59.7 Å². The van der Waals surface area contributed by atoms with E-state index in [9.17, 15) is 19.5 Å². The van der Waals surface area contributed by atoms with Gasteiger partial charge in [-0.3, -0.25) is 4.79 Å². The predicted molar refractivity (Wildman–Crippen MR) is 134 cm³/mol. The number of nitrogens with zero attached hydrogens (tertiary/aromatic N) is 1. The number of amides is 2. The number of carboxylic acids is 1. The first-order chi connectivity index (χ1) is 16.9. The summed E-state index contributed by atoms with van der Waals surface area (Å²) in [5, 5.41) is 12.6. The summed E-state index contributed by atoms with van der Waals surface area (Å²) in [6, 6.07) is 16.4. The molecule has 2 amide bonds. The molecule has 2 aromatic rings. The summed E-state index contributed by atoms with van der Waals surface area (Å²) in [6.07, 6.45) is 1.75. The fraction of sp³-hybridized carbons (Fsp3) is 0.444. The molecule has 1 aliphatic heterocycles. The molecule has 35 heavy (non-hydrogen) atoms. The minimum atomic E-state index is -1.09. The van der Waals surface area contributed by atoms with Gasteiger partial charge in [0.2, 0.25) is 5.91 Å². The Kier molecular flexibility index (Phi) is 6.25. The van der Waals surface area contributed by atoms with Crippen LogP contribution in [0.4, 0.5) is 4.79 Å². The molecule has 184 valence electrons. The highest BCUT2D eigenvalue weighted by Crippen LogP contribution is 2.45. The van der Waals surface area contributed by atoms with Gasteiger partial charge in [-0.1, -0.05) is 48.5 Å². The molecule has 0 radical (unpaired) electrons. The lowest BCUT2D eigenvalue weighted by Gasteiger charge is -2.38. The van der Waals surface area contributed by atoms with Crippen molar-refractivity contribution in [3.8, 4) is 11.1 Å². The normalized spacial score (nSPS) is 19.2. The highest BCUT2D eigenvalue weighted by Gasteiger charge is 2.56. The zero-order chi connectivity index (χ0) is 24.6. The summed E-state index contributed by atoms with van der Waals surface area (Å²) in [5.74, 6) is 0.390. The van der Waals surface area contributed by atoms with Gasteiger partial charge in [0.1, 0.15) is 12.1 Å². The monoisotopic (exact) mass is 494 g/mol. The molecule has 0 unspecified atom stereocenters. The number of carboxylic acid groups (broad SMARTS) is 1. The summed E-state index contributed by atoms with van der Waals surface area (Å²) in [6.45, 7) is 0.209. The number of likely N-dealkylation sites (N-methyl/N-ethyl adjacent to an activating group) is 1. The number of ether oxygens (including phenoxy) is 1.